The molecule has 1 aromatic carbocycles. The lowest BCUT2D eigenvalue weighted by atomic mass is 9.69. The van der Waals surface area contributed by atoms with Gasteiger partial charge in [-0.2, -0.15) is 5.26 Å². The van der Waals surface area contributed by atoms with Gasteiger partial charge in [-0.25, -0.2) is 0 Å². The van der Waals surface area contributed by atoms with Gasteiger partial charge in [0, 0.05) is 0 Å². The molecule has 0 saturated heterocycles. The number of para-hydroxylation sites is 1. The van der Waals surface area contributed by atoms with Crippen LogP contribution < -0.4 is 5.32 Å². The third-order valence-corrected chi connectivity index (χ3v) is 4.62. The van der Waals surface area contributed by atoms with E-state index in [1.165, 1.54) is 6.42 Å². The average Bonchev–Trinajstić information content (AvgIpc) is 2.38. The minimum atomic E-state index is -0.483. The highest BCUT2D eigenvalue weighted by molar-refractivity contribution is 6.33. The van der Waals surface area contributed by atoms with Crippen molar-refractivity contribution < 1.29 is 0 Å². The fourth-order valence-corrected chi connectivity index (χ4v) is 3.01. The zero-order chi connectivity index (χ0) is 13.2. The average molecular weight is 263 g/mol. The van der Waals surface area contributed by atoms with Gasteiger partial charge in [-0.3, -0.25) is 0 Å². The van der Waals surface area contributed by atoms with Crippen molar-refractivity contribution in [3.63, 3.8) is 0 Å². The van der Waals surface area contributed by atoms with Crippen molar-refractivity contribution in [2.75, 3.05) is 5.32 Å². The molecule has 2 rings (SSSR count). The molecule has 2 nitrogen and oxygen atoms in total. The third-order valence-electron chi connectivity index (χ3n) is 4.29. The van der Waals surface area contributed by atoms with Gasteiger partial charge < -0.3 is 5.32 Å². The molecule has 0 bridgehead atoms. The Morgan fingerprint density at radius 1 is 1.39 bits per heavy atom. The SMILES string of the molecule is CC1CCCC(C#N)(Nc2ccccc2Cl)C1C. The molecule has 0 aliphatic heterocycles. The molecule has 1 aromatic rings. The Kier molecular flexibility index (Phi) is 3.82. The Balaban J connectivity index is 2.29. The van der Waals surface area contributed by atoms with Crippen LogP contribution in [0.3, 0.4) is 0 Å². The first kappa shape index (κ1) is 13.2. The summed E-state index contributed by atoms with van der Waals surface area (Å²) in [5.74, 6) is 0.890. The zero-order valence-corrected chi connectivity index (χ0v) is 11.7. The second-order valence-electron chi connectivity index (χ2n) is 5.35. The maximum atomic E-state index is 9.63. The monoisotopic (exact) mass is 262 g/mol. The topological polar surface area (TPSA) is 35.8 Å². The lowest BCUT2D eigenvalue weighted by Crippen LogP contribution is -2.48. The number of nitriles is 1. The summed E-state index contributed by atoms with van der Waals surface area (Å²) in [4.78, 5) is 0. The highest BCUT2D eigenvalue weighted by Gasteiger charge is 2.42. The van der Waals surface area contributed by atoms with E-state index in [9.17, 15) is 5.26 Å². The molecule has 1 saturated carbocycles. The molecule has 0 radical (unpaired) electrons. The predicted molar refractivity (Wildman–Crippen MR) is 75.6 cm³/mol. The van der Waals surface area contributed by atoms with Crippen molar-refractivity contribution in [1.29, 1.82) is 5.26 Å². The molecule has 3 atom stereocenters. The van der Waals surface area contributed by atoms with Crippen LogP contribution >= 0.6 is 11.6 Å². The molecule has 1 aliphatic rings. The van der Waals surface area contributed by atoms with E-state index in [-0.39, 0.29) is 0 Å². The van der Waals surface area contributed by atoms with Crippen LogP contribution in [-0.4, -0.2) is 5.54 Å². The van der Waals surface area contributed by atoms with Crippen molar-refractivity contribution >= 4 is 17.3 Å². The van der Waals surface area contributed by atoms with Gasteiger partial charge in [-0.15, -0.1) is 0 Å². The minimum absolute atomic E-state index is 0.326. The maximum absolute atomic E-state index is 9.63. The molecule has 0 spiro atoms. The van der Waals surface area contributed by atoms with E-state index < -0.39 is 5.54 Å². The van der Waals surface area contributed by atoms with E-state index in [4.69, 9.17) is 11.6 Å². The highest BCUT2D eigenvalue weighted by Crippen LogP contribution is 2.40. The van der Waals surface area contributed by atoms with Gasteiger partial charge in [0.25, 0.3) is 0 Å². The van der Waals surface area contributed by atoms with Crippen molar-refractivity contribution in [2.24, 2.45) is 11.8 Å². The summed E-state index contributed by atoms with van der Waals surface area (Å²) in [5, 5.41) is 13.7. The number of anilines is 1. The van der Waals surface area contributed by atoms with E-state index >= 15 is 0 Å². The van der Waals surface area contributed by atoms with E-state index in [1.807, 2.05) is 24.3 Å². The van der Waals surface area contributed by atoms with Crippen LogP contribution in [0.25, 0.3) is 0 Å². The largest absolute Gasteiger partial charge is 0.366 e. The summed E-state index contributed by atoms with van der Waals surface area (Å²) in [6.45, 7) is 4.39. The molecule has 3 heteroatoms. The molecule has 1 aliphatic carbocycles. The Labute approximate surface area is 114 Å². The molecule has 3 unspecified atom stereocenters. The molecule has 0 amide bonds. The third kappa shape index (κ3) is 2.33. The van der Waals surface area contributed by atoms with Crippen molar-refractivity contribution in [3.05, 3.63) is 29.3 Å². The van der Waals surface area contributed by atoms with Gasteiger partial charge in [-0.1, -0.05) is 44.0 Å². The summed E-state index contributed by atoms with van der Waals surface area (Å²) in [6.07, 6.45) is 3.19. The van der Waals surface area contributed by atoms with Crippen LogP contribution in [0.5, 0.6) is 0 Å². The molecule has 96 valence electrons. The molecule has 0 aromatic heterocycles. The van der Waals surface area contributed by atoms with E-state index in [2.05, 4.69) is 25.2 Å². The first-order chi connectivity index (χ1) is 8.59. The molecule has 1 N–H and O–H groups in total. The summed E-state index contributed by atoms with van der Waals surface area (Å²) >= 11 is 6.17. The number of benzene rings is 1. The predicted octanol–water partition coefficient (Wildman–Crippen LogP) is 4.47. The lowest BCUT2D eigenvalue weighted by molar-refractivity contribution is 0.206. The van der Waals surface area contributed by atoms with Crippen LogP contribution in [0.2, 0.25) is 5.02 Å². The molecular formula is C15H19ClN2. The van der Waals surface area contributed by atoms with Gasteiger partial charge in [0.1, 0.15) is 5.54 Å². The van der Waals surface area contributed by atoms with E-state index in [0.29, 0.717) is 16.9 Å². The molecule has 18 heavy (non-hydrogen) atoms. The lowest BCUT2D eigenvalue weighted by Gasteiger charge is -2.42. The van der Waals surface area contributed by atoms with Gasteiger partial charge >= 0.3 is 0 Å². The first-order valence-corrected chi connectivity index (χ1v) is 6.91. The smallest absolute Gasteiger partial charge is 0.128 e. The molecular weight excluding hydrogens is 244 g/mol. The summed E-state index contributed by atoms with van der Waals surface area (Å²) in [6, 6.07) is 10.1. The van der Waals surface area contributed by atoms with Crippen molar-refractivity contribution in [3.8, 4) is 6.07 Å². The Morgan fingerprint density at radius 2 is 2.11 bits per heavy atom. The second kappa shape index (κ2) is 5.20. The van der Waals surface area contributed by atoms with Gasteiger partial charge in [0.15, 0.2) is 0 Å². The Morgan fingerprint density at radius 3 is 2.78 bits per heavy atom. The maximum Gasteiger partial charge on any atom is 0.128 e. The van der Waals surface area contributed by atoms with Crippen LogP contribution in [0.15, 0.2) is 24.3 Å². The molecule has 1 fully saturated rings. The van der Waals surface area contributed by atoms with Gasteiger partial charge in [0.05, 0.1) is 16.8 Å². The van der Waals surface area contributed by atoms with E-state index in [0.717, 1.165) is 18.5 Å². The summed E-state index contributed by atoms with van der Waals surface area (Å²) in [7, 11) is 0. The highest BCUT2D eigenvalue weighted by atomic mass is 35.5. The van der Waals surface area contributed by atoms with Gasteiger partial charge in [0.2, 0.25) is 0 Å². The minimum Gasteiger partial charge on any atom is -0.366 e. The number of halogens is 1. The van der Waals surface area contributed by atoms with Crippen LogP contribution in [0, 0.1) is 23.2 Å². The van der Waals surface area contributed by atoms with Crippen molar-refractivity contribution in [2.45, 2.75) is 38.6 Å². The standard InChI is InChI=1S/C15H19ClN2/c1-11-6-5-9-15(10-17,12(11)2)18-14-8-4-3-7-13(14)16/h3-4,7-8,11-12,18H,5-6,9H2,1-2H3. The quantitative estimate of drug-likeness (QED) is 0.854. The summed E-state index contributed by atoms with van der Waals surface area (Å²) in [5.41, 5.74) is 0.379. The second-order valence-corrected chi connectivity index (χ2v) is 5.75. The van der Waals surface area contributed by atoms with Gasteiger partial charge in [-0.05, 0) is 36.8 Å². The number of rotatable bonds is 2. The fourth-order valence-electron chi connectivity index (χ4n) is 2.83. The molecule has 0 heterocycles. The number of nitrogens with zero attached hydrogens (tertiary/aromatic N) is 1. The number of nitrogens with one attached hydrogen (secondary N) is 1. The Bertz CT molecular complexity index is 466. The fraction of sp³-hybridized carbons (Fsp3) is 0.533. The van der Waals surface area contributed by atoms with Crippen molar-refractivity contribution in [1.82, 2.24) is 0 Å². The Hall–Kier alpha value is -1.20. The first-order valence-electron chi connectivity index (χ1n) is 6.53. The van der Waals surface area contributed by atoms with E-state index in [1.54, 1.807) is 0 Å². The van der Waals surface area contributed by atoms with Crippen LogP contribution in [0.1, 0.15) is 33.1 Å². The number of hydrogen-bond donors (Lipinski definition) is 1. The normalized spacial score (nSPS) is 31.7. The number of hydrogen-bond acceptors (Lipinski definition) is 2. The summed E-state index contributed by atoms with van der Waals surface area (Å²) < 4.78 is 0. The van der Waals surface area contributed by atoms with Crippen LogP contribution in [-0.2, 0) is 0 Å². The zero-order valence-electron chi connectivity index (χ0n) is 10.9. The van der Waals surface area contributed by atoms with Crippen LogP contribution in [0.4, 0.5) is 5.69 Å².